The van der Waals surface area contributed by atoms with Gasteiger partial charge in [-0.05, 0) is 51.4 Å². The number of pyridine rings is 1. The number of aryl methyl sites for hydroxylation is 1. The van der Waals surface area contributed by atoms with E-state index in [1.165, 1.54) is 6.07 Å². The molecule has 1 fully saturated rings. The molecule has 186 valence electrons. The van der Waals surface area contributed by atoms with Crippen molar-refractivity contribution in [3.8, 4) is 0 Å². The quantitative estimate of drug-likeness (QED) is 0.370. The molecule has 3 N–H and O–H groups in total. The first-order valence-corrected chi connectivity index (χ1v) is 11.9. The van der Waals surface area contributed by atoms with Gasteiger partial charge in [-0.1, -0.05) is 35.3 Å². The van der Waals surface area contributed by atoms with Crippen LogP contribution in [0.4, 0.5) is 20.4 Å². The van der Waals surface area contributed by atoms with Crippen molar-refractivity contribution in [2.24, 2.45) is 5.41 Å². The molecule has 11 heteroatoms. The molecular weight excluding hydrogens is 499 g/mol. The van der Waals surface area contributed by atoms with E-state index in [4.69, 9.17) is 23.2 Å². The van der Waals surface area contributed by atoms with Gasteiger partial charge in [-0.3, -0.25) is 14.8 Å². The highest BCUT2D eigenvalue weighted by atomic mass is 35.5. The summed E-state index contributed by atoms with van der Waals surface area (Å²) in [5.74, 6) is -1.88. The van der Waals surface area contributed by atoms with Gasteiger partial charge in [0.25, 0.3) is 0 Å². The highest BCUT2D eigenvalue weighted by Crippen LogP contribution is 2.39. The van der Waals surface area contributed by atoms with Crippen LogP contribution < -0.4 is 5.32 Å². The van der Waals surface area contributed by atoms with Crippen molar-refractivity contribution in [2.75, 3.05) is 18.4 Å². The predicted octanol–water partition coefficient (Wildman–Crippen LogP) is 5.66. The minimum atomic E-state index is -1.11. The standard InChI is InChI=1S/C24H25Cl2F2N5O2/c1-13-10-18(32-31-13)30-22-21(28)19(26)14(2)17(29-22)11-24(23(34)35)6-8-33(9-7-24)12-15-4-3-5-16(25)20(15)27/h3-5,10H,6-9,11-12H2,1-2H3,(H,34,35)(H2,29,30,31,32). The molecule has 3 aromatic rings. The van der Waals surface area contributed by atoms with Crippen LogP contribution in [0.25, 0.3) is 0 Å². The van der Waals surface area contributed by atoms with Gasteiger partial charge in [0.2, 0.25) is 0 Å². The number of nitrogens with zero attached hydrogens (tertiary/aromatic N) is 3. The normalized spacial score (nSPS) is 15.8. The summed E-state index contributed by atoms with van der Waals surface area (Å²) < 4.78 is 29.1. The third-order valence-electron chi connectivity index (χ3n) is 6.56. The first-order chi connectivity index (χ1) is 16.6. The summed E-state index contributed by atoms with van der Waals surface area (Å²) in [4.78, 5) is 18.8. The Labute approximate surface area is 211 Å². The van der Waals surface area contributed by atoms with Crippen LogP contribution in [-0.2, 0) is 17.8 Å². The minimum absolute atomic E-state index is 0.0588. The third kappa shape index (κ3) is 5.27. The number of anilines is 2. The molecule has 1 aromatic carbocycles. The molecule has 4 rings (SSSR count). The number of hydrogen-bond acceptors (Lipinski definition) is 5. The highest BCUT2D eigenvalue weighted by Gasteiger charge is 2.42. The number of benzene rings is 1. The molecule has 0 spiro atoms. The number of rotatable bonds is 7. The molecule has 7 nitrogen and oxygen atoms in total. The number of carboxylic acids is 1. The summed E-state index contributed by atoms with van der Waals surface area (Å²) >= 11 is 12.1. The largest absolute Gasteiger partial charge is 0.481 e. The van der Waals surface area contributed by atoms with Crippen molar-refractivity contribution in [1.29, 1.82) is 0 Å². The molecule has 0 atom stereocenters. The number of carbonyl (C=O) groups is 1. The number of H-pyrrole nitrogens is 1. The fourth-order valence-corrected chi connectivity index (χ4v) is 4.75. The Hall–Kier alpha value is -2.75. The molecule has 1 aliphatic heterocycles. The van der Waals surface area contributed by atoms with E-state index in [1.54, 1.807) is 32.0 Å². The lowest BCUT2D eigenvalue weighted by atomic mass is 9.74. The number of halogens is 4. The molecule has 0 bridgehead atoms. The van der Waals surface area contributed by atoms with Crippen LogP contribution in [0.3, 0.4) is 0 Å². The zero-order valence-corrected chi connectivity index (χ0v) is 20.8. The number of aromatic nitrogens is 3. The van der Waals surface area contributed by atoms with Crippen molar-refractivity contribution in [2.45, 2.75) is 39.7 Å². The lowest BCUT2D eigenvalue weighted by molar-refractivity contribution is -0.152. The van der Waals surface area contributed by atoms with Gasteiger partial charge in [-0.25, -0.2) is 13.8 Å². The summed E-state index contributed by atoms with van der Waals surface area (Å²) in [5.41, 5.74) is 0.940. The van der Waals surface area contributed by atoms with Gasteiger partial charge >= 0.3 is 5.97 Å². The maximum Gasteiger partial charge on any atom is 0.310 e. The fourth-order valence-electron chi connectivity index (χ4n) is 4.36. The van der Waals surface area contributed by atoms with Gasteiger partial charge in [0, 0.05) is 36.0 Å². The SMILES string of the molecule is Cc1cc(Nc2nc(CC3(C(=O)O)CCN(Cc4cccc(Cl)c4F)CC3)c(C)c(Cl)c2F)n[nH]1. The van der Waals surface area contributed by atoms with E-state index < -0.39 is 23.0 Å². The van der Waals surface area contributed by atoms with E-state index in [9.17, 15) is 18.7 Å². The minimum Gasteiger partial charge on any atom is -0.481 e. The van der Waals surface area contributed by atoms with Crippen molar-refractivity contribution in [1.82, 2.24) is 20.1 Å². The second kappa shape index (κ2) is 10.1. The van der Waals surface area contributed by atoms with E-state index in [0.717, 1.165) is 5.69 Å². The molecule has 0 amide bonds. The van der Waals surface area contributed by atoms with Crippen molar-refractivity contribution >= 4 is 40.8 Å². The highest BCUT2D eigenvalue weighted by molar-refractivity contribution is 6.31. The average Bonchev–Trinajstić information content (AvgIpc) is 3.24. The molecule has 2 aromatic heterocycles. The van der Waals surface area contributed by atoms with E-state index in [0.29, 0.717) is 55.1 Å². The molecule has 3 heterocycles. The Balaban J connectivity index is 1.54. The maximum atomic E-state index is 14.8. The number of aromatic amines is 1. The second-order valence-corrected chi connectivity index (χ2v) is 9.76. The van der Waals surface area contributed by atoms with Crippen LogP contribution in [0.15, 0.2) is 24.3 Å². The fraction of sp³-hybridized carbons (Fsp3) is 0.375. The lowest BCUT2D eigenvalue weighted by Gasteiger charge is -2.39. The van der Waals surface area contributed by atoms with Gasteiger partial charge in [-0.15, -0.1) is 0 Å². The molecule has 1 aliphatic rings. The van der Waals surface area contributed by atoms with Gasteiger partial charge in [0.15, 0.2) is 17.5 Å². The Kier molecular flexibility index (Phi) is 7.30. The second-order valence-electron chi connectivity index (χ2n) is 8.97. The molecule has 0 unspecified atom stereocenters. The van der Waals surface area contributed by atoms with Crippen LogP contribution in [0.2, 0.25) is 10.0 Å². The van der Waals surface area contributed by atoms with Crippen LogP contribution in [0.5, 0.6) is 0 Å². The van der Waals surface area contributed by atoms with Crippen molar-refractivity contribution < 1.29 is 18.7 Å². The van der Waals surface area contributed by atoms with Gasteiger partial charge in [0.1, 0.15) is 5.82 Å². The number of piperidine rings is 1. The van der Waals surface area contributed by atoms with Gasteiger partial charge in [-0.2, -0.15) is 5.10 Å². The third-order valence-corrected chi connectivity index (χ3v) is 7.30. The molecule has 0 saturated carbocycles. The van der Waals surface area contributed by atoms with Crippen LogP contribution >= 0.6 is 23.2 Å². The van der Waals surface area contributed by atoms with E-state index >= 15 is 0 Å². The van der Waals surface area contributed by atoms with Crippen LogP contribution in [0.1, 0.15) is 35.4 Å². The number of carboxylic acid groups (broad SMARTS) is 1. The van der Waals surface area contributed by atoms with E-state index in [-0.39, 0.29) is 22.3 Å². The summed E-state index contributed by atoms with van der Waals surface area (Å²) in [7, 11) is 0. The lowest BCUT2D eigenvalue weighted by Crippen LogP contribution is -2.45. The summed E-state index contributed by atoms with van der Waals surface area (Å²) in [6, 6.07) is 6.54. The topological polar surface area (TPSA) is 94.1 Å². The molecule has 1 saturated heterocycles. The summed E-state index contributed by atoms with van der Waals surface area (Å²) in [5, 5.41) is 19.7. The number of hydrogen-bond donors (Lipinski definition) is 3. The molecule has 0 radical (unpaired) electrons. The van der Waals surface area contributed by atoms with Crippen molar-refractivity contribution in [3.05, 3.63) is 68.5 Å². The first kappa shape index (κ1) is 25.3. The van der Waals surface area contributed by atoms with Crippen LogP contribution in [-0.4, -0.2) is 44.2 Å². The maximum absolute atomic E-state index is 14.8. The van der Waals surface area contributed by atoms with Gasteiger partial charge < -0.3 is 10.4 Å². The Morgan fingerprint density at radius 3 is 2.57 bits per heavy atom. The molecule has 35 heavy (non-hydrogen) atoms. The first-order valence-electron chi connectivity index (χ1n) is 11.1. The Morgan fingerprint density at radius 2 is 1.94 bits per heavy atom. The number of likely N-dealkylation sites (tertiary alicyclic amines) is 1. The summed E-state index contributed by atoms with van der Waals surface area (Å²) in [6.45, 7) is 4.66. The number of aliphatic carboxylic acids is 1. The monoisotopic (exact) mass is 523 g/mol. The van der Waals surface area contributed by atoms with Crippen LogP contribution in [0, 0.1) is 30.9 Å². The van der Waals surface area contributed by atoms with Crippen molar-refractivity contribution in [3.63, 3.8) is 0 Å². The number of nitrogens with one attached hydrogen (secondary N) is 2. The zero-order valence-electron chi connectivity index (χ0n) is 19.3. The predicted molar refractivity (Wildman–Crippen MR) is 130 cm³/mol. The molecular formula is C24H25Cl2F2N5O2. The Bertz CT molecular complexity index is 1260. The Morgan fingerprint density at radius 1 is 1.23 bits per heavy atom. The molecule has 0 aliphatic carbocycles. The average molecular weight is 524 g/mol. The van der Waals surface area contributed by atoms with E-state index in [2.05, 4.69) is 20.5 Å². The zero-order chi connectivity index (χ0) is 25.3. The summed E-state index contributed by atoms with van der Waals surface area (Å²) in [6.07, 6.45) is 0.728. The van der Waals surface area contributed by atoms with Gasteiger partial charge in [0.05, 0.1) is 15.5 Å². The smallest absolute Gasteiger partial charge is 0.310 e. The van der Waals surface area contributed by atoms with E-state index in [1.807, 2.05) is 4.90 Å².